The lowest BCUT2D eigenvalue weighted by atomic mass is 9.92. The van der Waals surface area contributed by atoms with Gasteiger partial charge in [-0.05, 0) is 71.0 Å². The Kier molecular flexibility index (Phi) is 6.96. The lowest BCUT2D eigenvalue weighted by Gasteiger charge is -2.15. The Bertz CT molecular complexity index is 1530. The second-order valence-corrected chi connectivity index (χ2v) is 9.19. The molecule has 1 amide bonds. The average Bonchev–Trinajstić information content (AvgIpc) is 2.90. The molecule has 0 radical (unpaired) electrons. The Hall–Kier alpha value is -4.15. The molecule has 0 spiro atoms. The Labute approximate surface area is 215 Å². The number of anilines is 1. The molecule has 0 aliphatic rings. The summed E-state index contributed by atoms with van der Waals surface area (Å²) in [5.74, 6) is -0.409. The first-order valence-corrected chi connectivity index (χ1v) is 12.3. The molecular weight excluding hydrogens is 466 g/mol. The van der Waals surface area contributed by atoms with Crippen LogP contribution in [0.2, 0.25) is 5.02 Å². The minimum Gasteiger partial charge on any atom is -0.385 e. The molecule has 0 bridgehead atoms. The molecule has 0 atom stereocenters. The van der Waals surface area contributed by atoms with E-state index in [1.54, 1.807) is 6.07 Å². The van der Waals surface area contributed by atoms with E-state index in [4.69, 9.17) is 22.3 Å². The van der Waals surface area contributed by atoms with Crippen LogP contribution >= 0.6 is 11.6 Å². The first-order chi connectivity index (χ1) is 17.6. The Morgan fingerprint density at radius 1 is 0.861 bits per heavy atom. The maximum Gasteiger partial charge on any atom is 0.248 e. The van der Waals surface area contributed by atoms with E-state index in [-0.39, 0.29) is 0 Å². The van der Waals surface area contributed by atoms with Gasteiger partial charge in [-0.3, -0.25) is 9.78 Å². The number of aromatic nitrogens is 1. The molecule has 0 saturated heterocycles. The zero-order chi connectivity index (χ0) is 24.9. The predicted molar refractivity (Wildman–Crippen MR) is 149 cm³/mol. The highest BCUT2D eigenvalue weighted by atomic mass is 35.5. The Balaban J connectivity index is 1.45. The molecule has 36 heavy (non-hydrogen) atoms. The molecule has 0 aliphatic heterocycles. The van der Waals surface area contributed by atoms with Crippen molar-refractivity contribution in [1.29, 1.82) is 0 Å². The number of hydrogen-bond acceptors (Lipinski definition) is 3. The number of hydrogen-bond donors (Lipinski definition) is 2. The van der Waals surface area contributed by atoms with Crippen LogP contribution in [0.3, 0.4) is 0 Å². The number of carbonyl (C=O) groups is 1. The number of para-hydroxylation sites is 1. The standard InChI is InChI=1S/C31H26ClN3O/c32-28-14-6-13-27-29(25(20-35-30(27)28)18-21-7-2-1-3-8-21)23-10-5-12-26(19-23)34-16-15-22-9-4-11-24(17-22)31(33)36/h1-14,17,19-20,34H,15-16,18H2,(H2,33,36). The van der Waals surface area contributed by atoms with Gasteiger partial charge in [0.1, 0.15) is 0 Å². The van der Waals surface area contributed by atoms with E-state index in [1.165, 1.54) is 5.56 Å². The van der Waals surface area contributed by atoms with Crippen LogP contribution in [-0.2, 0) is 12.8 Å². The normalized spacial score (nSPS) is 10.9. The number of carbonyl (C=O) groups excluding carboxylic acids is 1. The van der Waals surface area contributed by atoms with Crippen molar-refractivity contribution >= 4 is 34.1 Å². The molecule has 0 fully saturated rings. The maximum atomic E-state index is 11.5. The van der Waals surface area contributed by atoms with Crippen LogP contribution in [0.4, 0.5) is 5.69 Å². The summed E-state index contributed by atoms with van der Waals surface area (Å²) in [6, 6.07) is 32.3. The van der Waals surface area contributed by atoms with Gasteiger partial charge < -0.3 is 11.1 Å². The van der Waals surface area contributed by atoms with Crippen molar-refractivity contribution in [3.8, 4) is 11.1 Å². The van der Waals surface area contributed by atoms with Crippen molar-refractivity contribution in [3.63, 3.8) is 0 Å². The fourth-order valence-electron chi connectivity index (χ4n) is 4.53. The molecule has 5 aromatic rings. The van der Waals surface area contributed by atoms with E-state index >= 15 is 0 Å². The zero-order valence-electron chi connectivity index (χ0n) is 19.7. The molecule has 5 heteroatoms. The summed E-state index contributed by atoms with van der Waals surface area (Å²) in [4.78, 5) is 16.2. The maximum absolute atomic E-state index is 11.5. The van der Waals surface area contributed by atoms with Crippen LogP contribution in [0.15, 0.2) is 103 Å². The lowest BCUT2D eigenvalue weighted by Crippen LogP contribution is -2.11. The molecule has 0 saturated carbocycles. The van der Waals surface area contributed by atoms with Crippen LogP contribution in [0.1, 0.15) is 27.0 Å². The van der Waals surface area contributed by atoms with Crippen molar-refractivity contribution < 1.29 is 4.79 Å². The summed E-state index contributed by atoms with van der Waals surface area (Å²) in [7, 11) is 0. The zero-order valence-corrected chi connectivity index (χ0v) is 20.5. The number of nitrogens with one attached hydrogen (secondary N) is 1. The first-order valence-electron chi connectivity index (χ1n) is 11.9. The van der Waals surface area contributed by atoms with Crippen molar-refractivity contribution in [3.05, 3.63) is 131 Å². The van der Waals surface area contributed by atoms with Crippen LogP contribution in [0.5, 0.6) is 0 Å². The number of amides is 1. The number of pyridine rings is 1. The topological polar surface area (TPSA) is 68.0 Å². The fraction of sp³-hybridized carbons (Fsp3) is 0.0968. The Morgan fingerprint density at radius 2 is 1.64 bits per heavy atom. The van der Waals surface area contributed by atoms with E-state index in [0.29, 0.717) is 10.6 Å². The van der Waals surface area contributed by atoms with Crippen LogP contribution in [-0.4, -0.2) is 17.4 Å². The smallest absolute Gasteiger partial charge is 0.248 e. The van der Waals surface area contributed by atoms with E-state index in [1.807, 2.05) is 42.6 Å². The number of halogens is 1. The van der Waals surface area contributed by atoms with E-state index in [9.17, 15) is 4.79 Å². The van der Waals surface area contributed by atoms with Gasteiger partial charge in [0, 0.05) is 29.4 Å². The third-order valence-electron chi connectivity index (χ3n) is 6.27. The van der Waals surface area contributed by atoms with Crippen LogP contribution in [0.25, 0.3) is 22.0 Å². The van der Waals surface area contributed by atoms with Crippen molar-refractivity contribution in [2.24, 2.45) is 5.73 Å². The van der Waals surface area contributed by atoms with Gasteiger partial charge in [-0.15, -0.1) is 0 Å². The lowest BCUT2D eigenvalue weighted by molar-refractivity contribution is 0.1000. The van der Waals surface area contributed by atoms with Gasteiger partial charge in [-0.25, -0.2) is 0 Å². The molecule has 4 aromatic carbocycles. The molecule has 1 heterocycles. The number of nitrogens with two attached hydrogens (primary N) is 1. The average molecular weight is 492 g/mol. The monoisotopic (exact) mass is 491 g/mol. The molecule has 5 rings (SSSR count). The highest BCUT2D eigenvalue weighted by molar-refractivity contribution is 6.35. The molecule has 0 aliphatic carbocycles. The minimum absolute atomic E-state index is 0.409. The molecule has 3 N–H and O–H groups in total. The molecule has 178 valence electrons. The van der Waals surface area contributed by atoms with Crippen LogP contribution in [0, 0.1) is 0 Å². The number of rotatable bonds is 8. The minimum atomic E-state index is -0.409. The fourth-order valence-corrected chi connectivity index (χ4v) is 4.76. The number of primary amides is 1. The second kappa shape index (κ2) is 10.6. The third-order valence-corrected chi connectivity index (χ3v) is 6.57. The molecule has 1 aromatic heterocycles. The van der Waals surface area contributed by atoms with Crippen molar-refractivity contribution in [2.75, 3.05) is 11.9 Å². The van der Waals surface area contributed by atoms with Crippen molar-refractivity contribution in [1.82, 2.24) is 4.98 Å². The van der Waals surface area contributed by atoms with Gasteiger partial charge in [0.15, 0.2) is 0 Å². The molecule has 0 unspecified atom stereocenters. The summed E-state index contributed by atoms with van der Waals surface area (Å²) in [6.07, 6.45) is 3.50. The van der Waals surface area contributed by atoms with Gasteiger partial charge >= 0.3 is 0 Å². The van der Waals surface area contributed by atoms with E-state index in [0.717, 1.165) is 58.2 Å². The number of fused-ring (bicyclic) bond motifs is 1. The van der Waals surface area contributed by atoms with Gasteiger partial charge in [-0.1, -0.05) is 78.3 Å². The summed E-state index contributed by atoms with van der Waals surface area (Å²) in [5, 5.41) is 5.21. The summed E-state index contributed by atoms with van der Waals surface area (Å²) >= 11 is 6.51. The quantitative estimate of drug-likeness (QED) is 0.248. The van der Waals surface area contributed by atoms with Crippen LogP contribution < -0.4 is 11.1 Å². The summed E-state index contributed by atoms with van der Waals surface area (Å²) in [5.41, 5.74) is 13.5. The molecule has 4 nitrogen and oxygen atoms in total. The second-order valence-electron chi connectivity index (χ2n) is 8.78. The largest absolute Gasteiger partial charge is 0.385 e. The van der Waals surface area contributed by atoms with E-state index < -0.39 is 5.91 Å². The van der Waals surface area contributed by atoms with E-state index in [2.05, 4.69) is 59.9 Å². The highest BCUT2D eigenvalue weighted by Gasteiger charge is 2.14. The summed E-state index contributed by atoms with van der Waals surface area (Å²) in [6.45, 7) is 0.728. The van der Waals surface area contributed by atoms with Gasteiger partial charge in [-0.2, -0.15) is 0 Å². The Morgan fingerprint density at radius 3 is 2.47 bits per heavy atom. The van der Waals surface area contributed by atoms with Crippen molar-refractivity contribution in [2.45, 2.75) is 12.8 Å². The van der Waals surface area contributed by atoms with Gasteiger partial charge in [0.25, 0.3) is 0 Å². The number of nitrogens with zero attached hydrogens (tertiary/aromatic N) is 1. The van der Waals surface area contributed by atoms with Gasteiger partial charge in [0.2, 0.25) is 5.91 Å². The highest BCUT2D eigenvalue weighted by Crippen LogP contribution is 2.36. The SMILES string of the molecule is NC(=O)c1cccc(CCNc2cccc(-c3c(Cc4ccccc4)cnc4c(Cl)cccc34)c2)c1. The molecular formula is C31H26ClN3O. The third kappa shape index (κ3) is 5.24. The summed E-state index contributed by atoms with van der Waals surface area (Å²) < 4.78 is 0. The number of benzene rings is 4. The predicted octanol–water partition coefficient (Wildman–Crippen LogP) is 6.90. The first kappa shape index (κ1) is 23.6. The van der Waals surface area contributed by atoms with Gasteiger partial charge in [0.05, 0.1) is 10.5 Å².